The van der Waals surface area contributed by atoms with Gasteiger partial charge in [0.1, 0.15) is 5.82 Å². The summed E-state index contributed by atoms with van der Waals surface area (Å²) < 4.78 is 12.9. The first-order valence-corrected chi connectivity index (χ1v) is 6.90. The Balaban J connectivity index is 1.76. The van der Waals surface area contributed by atoms with Crippen LogP contribution in [-0.2, 0) is 9.63 Å². The van der Waals surface area contributed by atoms with E-state index in [-0.39, 0.29) is 24.4 Å². The second-order valence-electron chi connectivity index (χ2n) is 4.76. The zero-order valence-electron chi connectivity index (χ0n) is 12.2. The van der Waals surface area contributed by atoms with Crippen LogP contribution in [0, 0.1) is 5.82 Å². The third kappa shape index (κ3) is 5.01. The Kier molecular flexibility index (Phi) is 5.65. The van der Waals surface area contributed by atoms with Crippen LogP contribution in [0.5, 0.6) is 0 Å². The number of halogens is 1. The molecule has 2 rings (SSSR count). The summed E-state index contributed by atoms with van der Waals surface area (Å²) in [4.78, 5) is 16.6. The van der Waals surface area contributed by atoms with E-state index in [1.54, 1.807) is 12.1 Å². The minimum atomic E-state index is -0.349. The Bertz CT molecular complexity index is 644. The van der Waals surface area contributed by atoms with E-state index >= 15 is 0 Å². The van der Waals surface area contributed by atoms with Crippen molar-refractivity contribution in [3.63, 3.8) is 0 Å². The smallest absolute Gasteiger partial charge is 0.261 e. The molecule has 2 aromatic carbocycles. The van der Waals surface area contributed by atoms with Crippen molar-refractivity contribution in [3.8, 4) is 0 Å². The van der Waals surface area contributed by atoms with Gasteiger partial charge < -0.3 is 10.2 Å². The van der Waals surface area contributed by atoms with Crippen LogP contribution < -0.4 is 5.32 Å². The number of benzene rings is 2. The number of rotatable bonds is 6. The van der Waals surface area contributed by atoms with Crippen LogP contribution in [0.25, 0.3) is 0 Å². The van der Waals surface area contributed by atoms with Crippen molar-refractivity contribution in [2.24, 2.45) is 5.16 Å². The van der Waals surface area contributed by atoms with Crippen molar-refractivity contribution in [1.82, 2.24) is 5.32 Å². The maximum Gasteiger partial charge on any atom is 0.261 e. The fourth-order valence-corrected chi connectivity index (χ4v) is 1.89. The number of carbonyl (C=O) groups excluding carboxylic acids is 1. The lowest BCUT2D eigenvalue weighted by Gasteiger charge is -2.13. The lowest BCUT2D eigenvalue weighted by Crippen LogP contribution is -2.29. The summed E-state index contributed by atoms with van der Waals surface area (Å²) in [6.45, 7) is 1.70. The molecule has 0 unspecified atom stereocenters. The monoisotopic (exact) mass is 300 g/mol. The van der Waals surface area contributed by atoms with Crippen molar-refractivity contribution in [2.75, 3.05) is 6.61 Å². The van der Waals surface area contributed by atoms with E-state index in [4.69, 9.17) is 4.84 Å². The molecule has 0 fully saturated rings. The summed E-state index contributed by atoms with van der Waals surface area (Å²) in [5.41, 5.74) is 1.58. The first-order chi connectivity index (χ1) is 10.6. The van der Waals surface area contributed by atoms with Crippen molar-refractivity contribution in [2.45, 2.75) is 13.0 Å². The number of nitrogens with zero attached hydrogens (tertiary/aromatic N) is 1. The maximum atomic E-state index is 12.9. The first kappa shape index (κ1) is 15.7. The molecule has 0 saturated heterocycles. The highest BCUT2D eigenvalue weighted by atomic mass is 19.1. The van der Waals surface area contributed by atoms with Crippen LogP contribution in [-0.4, -0.2) is 18.7 Å². The predicted octanol–water partition coefficient (Wildman–Crippen LogP) is 3.05. The van der Waals surface area contributed by atoms with E-state index < -0.39 is 0 Å². The van der Waals surface area contributed by atoms with Crippen molar-refractivity contribution >= 4 is 12.1 Å². The molecule has 0 bridgehead atoms. The molecule has 0 radical (unpaired) electrons. The van der Waals surface area contributed by atoms with Gasteiger partial charge in [0, 0.05) is 0 Å². The average Bonchev–Trinajstić information content (AvgIpc) is 2.52. The molecule has 1 N–H and O–H groups in total. The summed E-state index contributed by atoms with van der Waals surface area (Å²) in [6.07, 6.45) is 1.36. The minimum absolute atomic E-state index is 0.107. The highest BCUT2D eigenvalue weighted by molar-refractivity contribution is 5.79. The van der Waals surface area contributed by atoms with E-state index in [9.17, 15) is 9.18 Å². The Hall–Kier alpha value is -2.69. The molecule has 114 valence electrons. The first-order valence-electron chi connectivity index (χ1n) is 6.90. The molecule has 0 aliphatic heterocycles. The van der Waals surface area contributed by atoms with Crippen LogP contribution in [0.3, 0.4) is 0 Å². The molecule has 0 aliphatic rings. The van der Waals surface area contributed by atoms with Gasteiger partial charge in [0.25, 0.3) is 5.91 Å². The summed E-state index contributed by atoms with van der Waals surface area (Å²) >= 11 is 0. The highest BCUT2D eigenvalue weighted by Crippen LogP contribution is 2.10. The number of carbonyl (C=O) groups is 1. The number of nitrogens with one attached hydrogen (secondary N) is 1. The van der Waals surface area contributed by atoms with Crippen molar-refractivity contribution in [1.29, 1.82) is 0 Å². The normalized spacial score (nSPS) is 12.1. The van der Waals surface area contributed by atoms with E-state index in [0.717, 1.165) is 5.56 Å². The summed E-state index contributed by atoms with van der Waals surface area (Å²) in [5, 5.41) is 6.46. The topological polar surface area (TPSA) is 50.7 Å². The number of oxime groups is 1. The van der Waals surface area contributed by atoms with Crippen LogP contribution in [0.2, 0.25) is 0 Å². The summed E-state index contributed by atoms with van der Waals surface area (Å²) in [7, 11) is 0. The fraction of sp³-hybridized carbons (Fsp3) is 0.176. The van der Waals surface area contributed by atoms with Crippen molar-refractivity contribution < 1.29 is 14.0 Å². The minimum Gasteiger partial charge on any atom is -0.386 e. The fourth-order valence-electron chi connectivity index (χ4n) is 1.89. The van der Waals surface area contributed by atoms with E-state index in [0.29, 0.717) is 5.56 Å². The third-order valence-electron chi connectivity index (χ3n) is 3.00. The number of hydrogen-bond donors (Lipinski definition) is 1. The molecule has 0 heterocycles. The van der Waals surface area contributed by atoms with Gasteiger partial charge in [-0.3, -0.25) is 4.79 Å². The van der Waals surface area contributed by atoms with Gasteiger partial charge in [-0.05, 0) is 30.2 Å². The maximum absolute atomic E-state index is 12.9. The van der Waals surface area contributed by atoms with Gasteiger partial charge in [0.15, 0.2) is 6.61 Å². The molecule has 1 atom stereocenters. The molecule has 22 heavy (non-hydrogen) atoms. The number of amides is 1. The Morgan fingerprint density at radius 2 is 2.05 bits per heavy atom. The quantitative estimate of drug-likeness (QED) is 0.658. The van der Waals surface area contributed by atoms with Gasteiger partial charge >= 0.3 is 0 Å². The molecule has 5 heteroatoms. The van der Waals surface area contributed by atoms with Crippen LogP contribution in [0.15, 0.2) is 59.8 Å². The van der Waals surface area contributed by atoms with E-state index in [1.807, 2.05) is 37.3 Å². The largest absolute Gasteiger partial charge is 0.386 e. The van der Waals surface area contributed by atoms with Gasteiger partial charge in [-0.2, -0.15) is 0 Å². The predicted molar refractivity (Wildman–Crippen MR) is 82.9 cm³/mol. The Morgan fingerprint density at radius 3 is 2.77 bits per heavy atom. The highest BCUT2D eigenvalue weighted by Gasteiger charge is 2.09. The lowest BCUT2D eigenvalue weighted by atomic mass is 10.1. The molecule has 0 aliphatic carbocycles. The van der Waals surface area contributed by atoms with Gasteiger partial charge in [-0.1, -0.05) is 47.6 Å². The van der Waals surface area contributed by atoms with Crippen molar-refractivity contribution in [3.05, 3.63) is 71.5 Å². The molecule has 4 nitrogen and oxygen atoms in total. The second-order valence-corrected chi connectivity index (χ2v) is 4.76. The summed E-state index contributed by atoms with van der Waals surface area (Å²) in [6, 6.07) is 15.4. The third-order valence-corrected chi connectivity index (χ3v) is 3.00. The lowest BCUT2D eigenvalue weighted by molar-refractivity contribution is -0.126. The van der Waals surface area contributed by atoms with Gasteiger partial charge in [-0.25, -0.2) is 4.39 Å². The van der Waals surface area contributed by atoms with Crippen LogP contribution in [0.4, 0.5) is 4.39 Å². The zero-order chi connectivity index (χ0) is 15.8. The second kappa shape index (κ2) is 7.93. The van der Waals surface area contributed by atoms with Crippen LogP contribution in [0.1, 0.15) is 24.1 Å². The van der Waals surface area contributed by atoms with E-state index in [2.05, 4.69) is 10.5 Å². The Morgan fingerprint density at radius 1 is 1.27 bits per heavy atom. The van der Waals surface area contributed by atoms with Gasteiger partial charge in [0.05, 0.1) is 12.3 Å². The molecule has 0 spiro atoms. The summed E-state index contributed by atoms with van der Waals surface area (Å²) in [5.74, 6) is -0.619. The van der Waals surface area contributed by atoms with E-state index in [1.165, 1.54) is 18.3 Å². The average molecular weight is 300 g/mol. The zero-order valence-corrected chi connectivity index (χ0v) is 12.2. The molecular formula is C17H17FN2O2. The molecular weight excluding hydrogens is 283 g/mol. The molecule has 0 aromatic heterocycles. The van der Waals surface area contributed by atoms with Gasteiger partial charge in [-0.15, -0.1) is 0 Å². The Labute approximate surface area is 128 Å². The SMILES string of the molecule is C[C@@H](NC(=O)CO/N=C\c1cccc(F)c1)c1ccccc1. The van der Waals surface area contributed by atoms with Crippen LogP contribution >= 0.6 is 0 Å². The van der Waals surface area contributed by atoms with Gasteiger partial charge in [0.2, 0.25) is 0 Å². The standard InChI is InChI=1S/C17H17FN2O2/c1-13(15-7-3-2-4-8-15)20-17(21)12-22-19-11-14-6-5-9-16(18)10-14/h2-11,13H,12H2,1H3,(H,20,21)/b19-11-/t13-/m1/s1. The molecule has 2 aromatic rings. The molecule has 1 amide bonds. The molecule has 0 saturated carbocycles. The number of hydrogen-bond acceptors (Lipinski definition) is 3.